The summed E-state index contributed by atoms with van der Waals surface area (Å²) >= 11 is 0. The molecule has 9 nitrogen and oxygen atoms in total. The van der Waals surface area contributed by atoms with Crippen LogP contribution >= 0.6 is 0 Å². The van der Waals surface area contributed by atoms with Crippen molar-refractivity contribution in [2.75, 3.05) is 73.2 Å². The minimum Gasteiger partial charge on any atom is -0.490 e. The molecule has 52 heavy (non-hydrogen) atoms. The first-order chi connectivity index (χ1) is 25.3. The number of carbonyl (C=O) groups is 2. The molecule has 0 aromatic heterocycles. The number of hydrogen-bond acceptors (Lipinski definition) is 9. The Balaban J connectivity index is 1.63. The van der Waals surface area contributed by atoms with Crippen LogP contribution in [0.1, 0.15) is 73.5 Å². The van der Waals surface area contributed by atoms with E-state index >= 15 is 0 Å². The Morgan fingerprint density at radius 2 is 1.25 bits per heavy atom. The Labute approximate surface area is 306 Å². The number of ether oxygens (including phenoxy) is 6. The molecule has 4 aromatic carbocycles. The Morgan fingerprint density at radius 1 is 0.673 bits per heavy atom. The number of fused-ring (bicyclic) bond motifs is 3. The van der Waals surface area contributed by atoms with Crippen molar-refractivity contribution in [3.05, 3.63) is 123 Å². The van der Waals surface area contributed by atoms with Crippen LogP contribution in [0.5, 0.6) is 5.75 Å². The zero-order valence-electron chi connectivity index (χ0n) is 30.9. The highest BCUT2D eigenvalue weighted by Gasteiger charge is 2.47. The van der Waals surface area contributed by atoms with Crippen LogP contribution in [-0.4, -0.2) is 90.0 Å². The van der Waals surface area contributed by atoms with Gasteiger partial charge in [-0.25, -0.2) is 4.79 Å². The number of methoxy groups -OCH3 is 1. The summed E-state index contributed by atoms with van der Waals surface area (Å²) in [7, 11) is 1.63. The van der Waals surface area contributed by atoms with Crippen LogP contribution in [0, 0.1) is 13.8 Å². The Kier molecular flexibility index (Phi) is 13.7. The van der Waals surface area contributed by atoms with Gasteiger partial charge in [-0.2, -0.15) is 0 Å². The fraction of sp³-hybridized carbons (Fsp3) is 0.395. The highest BCUT2D eigenvalue weighted by atomic mass is 16.6. The first-order valence-corrected chi connectivity index (χ1v) is 17.9. The van der Waals surface area contributed by atoms with Gasteiger partial charge in [0.15, 0.2) is 5.78 Å². The van der Waals surface area contributed by atoms with Crippen LogP contribution in [0.2, 0.25) is 0 Å². The van der Waals surface area contributed by atoms with Gasteiger partial charge in [-0.3, -0.25) is 4.79 Å². The molecule has 1 aliphatic rings. The number of aryl methyl sites for hydroxylation is 2. The number of ketones is 1. The number of benzene rings is 4. The Morgan fingerprint density at radius 3 is 1.85 bits per heavy atom. The van der Waals surface area contributed by atoms with Crippen molar-refractivity contribution in [2.45, 2.75) is 39.5 Å². The number of hydrogen-bond donors (Lipinski definition) is 1. The number of rotatable bonds is 20. The van der Waals surface area contributed by atoms with E-state index < -0.39 is 11.4 Å². The molecule has 0 saturated carbocycles. The fourth-order valence-corrected chi connectivity index (χ4v) is 6.98. The van der Waals surface area contributed by atoms with E-state index in [0.29, 0.717) is 62.9 Å². The van der Waals surface area contributed by atoms with Crippen molar-refractivity contribution in [1.29, 1.82) is 0 Å². The molecule has 0 spiro atoms. The van der Waals surface area contributed by atoms with Gasteiger partial charge in [0.2, 0.25) is 0 Å². The number of esters is 1. The van der Waals surface area contributed by atoms with Crippen LogP contribution in [-0.2, 0) is 35.5 Å². The van der Waals surface area contributed by atoms with Gasteiger partial charge in [-0.1, -0.05) is 65.7 Å². The smallest absolute Gasteiger partial charge is 0.341 e. The van der Waals surface area contributed by atoms with E-state index in [4.69, 9.17) is 28.4 Å². The fourth-order valence-electron chi connectivity index (χ4n) is 6.98. The van der Waals surface area contributed by atoms with Crippen LogP contribution < -0.4 is 4.74 Å². The lowest BCUT2D eigenvalue weighted by Gasteiger charge is -2.35. The molecule has 0 bridgehead atoms. The average molecular weight is 711 g/mol. The molecule has 0 saturated heterocycles. The topological polar surface area (TPSA) is 110 Å². The second-order valence-electron chi connectivity index (χ2n) is 12.9. The van der Waals surface area contributed by atoms with Crippen molar-refractivity contribution in [3.8, 4) is 16.9 Å². The third-order valence-corrected chi connectivity index (χ3v) is 9.32. The summed E-state index contributed by atoms with van der Waals surface area (Å²) in [6, 6.07) is 24.8. The van der Waals surface area contributed by atoms with Crippen LogP contribution in [0.3, 0.4) is 0 Å². The molecule has 0 aliphatic heterocycles. The van der Waals surface area contributed by atoms with Crippen molar-refractivity contribution in [3.63, 3.8) is 0 Å². The second-order valence-corrected chi connectivity index (χ2v) is 12.9. The zero-order chi connectivity index (χ0) is 37.1. The molecule has 0 heterocycles. The third kappa shape index (κ3) is 8.46. The first kappa shape index (κ1) is 38.8. The van der Waals surface area contributed by atoms with Gasteiger partial charge in [0.1, 0.15) is 17.9 Å². The number of aliphatic hydroxyl groups is 1. The SMILES string of the molecule is CCOC(=O)c1cc(C2(c3ccc(CCOCCO)c(C(C)=O)c3)c3cc(C)ccc3-c3ccc(C)cc32)ccc1OCCOCCOCCOC. The maximum Gasteiger partial charge on any atom is 0.341 e. The minimum atomic E-state index is -0.884. The lowest BCUT2D eigenvalue weighted by Crippen LogP contribution is -2.30. The van der Waals surface area contributed by atoms with Crippen molar-refractivity contribution < 1.29 is 43.1 Å². The van der Waals surface area contributed by atoms with E-state index in [1.54, 1.807) is 21.0 Å². The molecule has 0 atom stereocenters. The van der Waals surface area contributed by atoms with E-state index in [1.807, 2.05) is 30.3 Å². The summed E-state index contributed by atoms with van der Waals surface area (Å²) in [5, 5.41) is 9.18. The van der Waals surface area contributed by atoms with E-state index in [9.17, 15) is 14.7 Å². The van der Waals surface area contributed by atoms with E-state index in [2.05, 4.69) is 56.3 Å². The van der Waals surface area contributed by atoms with E-state index in [1.165, 1.54) is 0 Å². The molecule has 0 radical (unpaired) electrons. The maximum atomic E-state index is 13.6. The molecule has 9 heteroatoms. The van der Waals surface area contributed by atoms with Gasteiger partial charge in [-0.15, -0.1) is 0 Å². The molecule has 276 valence electrons. The normalized spacial score (nSPS) is 12.7. The molecular formula is C43H50O9. The summed E-state index contributed by atoms with van der Waals surface area (Å²) < 4.78 is 33.4. The Hall–Kier alpha value is -4.38. The lowest BCUT2D eigenvalue weighted by atomic mass is 9.66. The van der Waals surface area contributed by atoms with Crippen molar-refractivity contribution >= 4 is 11.8 Å². The molecule has 1 aliphatic carbocycles. The van der Waals surface area contributed by atoms with Crippen LogP contribution in [0.4, 0.5) is 0 Å². The molecular weight excluding hydrogens is 660 g/mol. The molecule has 5 rings (SSSR count). The van der Waals surface area contributed by atoms with Gasteiger partial charge in [0, 0.05) is 12.7 Å². The molecule has 0 amide bonds. The third-order valence-electron chi connectivity index (χ3n) is 9.32. The second kappa shape index (κ2) is 18.4. The number of Topliss-reactive ketones (excluding diaryl/α,β-unsaturated/α-hetero) is 1. The summed E-state index contributed by atoms with van der Waals surface area (Å²) in [6.45, 7) is 10.7. The lowest BCUT2D eigenvalue weighted by molar-refractivity contribution is 0.0178. The van der Waals surface area contributed by atoms with Gasteiger partial charge in [0.25, 0.3) is 0 Å². The van der Waals surface area contributed by atoms with Crippen molar-refractivity contribution in [2.24, 2.45) is 0 Å². The summed E-state index contributed by atoms with van der Waals surface area (Å²) in [5.74, 6) is -0.149. The number of carbonyl (C=O) groups excluding carboxylic acids is 2. The molecule has 0 fully saturated rings. The zero-order valence-corrected chi connectivity index (χ0v) is 30.9. The van der Waals surface area contributed by atoms with Gasteiger partial charge >= 0.3 is 5.97 Å². The number of aliphatic hydroxyl groups excluding tert-OH is 1. The highest BCUT2D eigenvalue weighted by molar-refractivity contribution is 5.97. The van der Waals surface area contributed by atoms with E-state index in [0.717, 1.165) is 50.1 Å². The maximum absolute atomic E-state index is 13.6. The summed E-state index contributed by atoms with van der Waals surface area (Å²) in [5.41, 5.74) is 9.13. The molecule has 1 N–H and O–H groups in total. The largest absolute Gasteiger partial charge is 0.490 e. The van der Waals surface area contributed by atoms with Gasteiger partial charge < -0.3 is 33.5 Å². The van der Waals surface area contributed by atoms with Gasteiger partial charge in [0.05, 0.1) is 64.9 Å². The molecule has 4 aromatic rings. The average Bonchev–Trinajstić information content (AvgIpc) is 3.41. The predicted molar refractivity (Wildman–Crippen MR) is 200 cm³/mol. The van der Waals surface area contributed by atoms with E-state index in [-0.39, 0.29) is 32.2 Å². The summed E-state index contributed by atoms with van der Waals surface area (Å²) in [4.78, 5) is 26.9. The monoisotopic (exact) mass is 710 g/mol. The predicted octanol–water partition coefficient (Wildman–Crippen LogP) is 6.66. The van der Waals surface area contributed by atoms with Crippen molar-refractivity contribution in [1.82, 2.24) is 0 Å². The summed E-state index contributed by atoms with van der Waals surface area (Å²) in [6.07, 6.45) is 0.525. The minimum absolute atomic E-state index is 0.0548. The molecule has 0 unspecified atom stereocenters. The Bertz CT molecular complexity index is 1800. The quantitative estimate of drug-likeness (QED) is 0.0539. The first-order valence-electron chi connectivity index (χ1n) is 17.9. The van der Waals surface area contributed by atoms with Crippen LogP contribution in [0.15, 0.2) is 72.8 Å². The highest BCUT2D eigenvalue weighted by Crippen LogP contribution is 2.57. The van der Waals surface area contributed by atoms with Crippen LogP contribution in [0.25, 0.3) is 11.1 Å². The standard InChI is InChI=1S/C43H50O9/c1-6-51-42(46)38-28-34(11-14-41(38)52-24-23-50-22-21-49-20-19-47-5)43(33-10-9-32(15-17-48-18-16-44)37(27-33)31(4)45)39-25-29(2)7-12-35(39)36-13-8-30(3)26-40(36)43/h7-14,25-28,44H,6,15-24H2,1-5H3. The van der Waals surface area contributed by atoms with Gasteiger partial charge in [-0.05, 0) is 91.3 Å².